The molecule has 156 valence electrons. The maximum Gasteiger partial charge on any atom is 0.290 e. The molecule has 0 fully saturated rings. The van der Waals surface area contributed by atoms with Gasteiger partial charge in [-0.3, -0.25) is 9.59 Å². The zero-order valence-electron chi connectivity index (χ0n) is 16.4. The predicted molar refractivity (Wildman–Crippen MR) is 110 cm³/mol. The molecule has 0 saturated heterocycles. The van der Waals surface area contributed by atoms with Crippen LogP contribution >= 0.6 is 11.6 Å². The number of amides is 1. The molecule has 0 aliphatic carbocycles. The van der Waals surface area contributed by atoms with Crippen molar-refractivity contribution in [2.75, 3.05) is 27.2 Å². The molecule has 0 bridgehead atoms. The third-order valence-corrected chi connectivity index (χ3v) is 5.43. The van der Waals surface area contributed by atoms with Crippen LogP contribution in [-0.4, -0.2) is 42.9 Å². The van der Waals surface area contributed by atoms with Crippen molar-refractivity contribution in [1.29, 1.82) is 0 Å². The third kappa shape index (κ3) is 3.48. The molecule has 4 rings (SSSR count). The first-order chi connectivity index (χ1) is 14.3. The highest BCUT2D eigenvalue weighted by Gasteiger charge is 2.42. The lowest BCUT2D eigenvalue weighted by Crippen LogP contribution is -2.32. The lowest BCUT2D eigenvalue weighted by Gasteiger charge is -2.25. The third-order valence-electron chi connectivity index (χ3n) is 5.19. The van der Waals surface area contributed by atoms with Gasteiger partial charge in [0.2, 0.25) is 5.76 Å². The summed E-state index contributed by atoms with van der Waals surface area (Å²) in [6.45, 7) is 1.03. The van der Waals surface area contributed by atoms with Crippen LogP contribution < -0.4 is 5.43 Å². The van der Waals surface area contributed by atoms with Crippen molar-refractivity contribution in [2.45, 2.75) is 12.5 Å². The number of benzene rings is 2. The highest BCUT2D eigenvalue weighted by atomic mass is 35.5. The Labute approximate surface area is 176 Å². The van der Waals surface area contributed by atoms with E-state index >= 15 is 0 Å². The quantitative estimate of drug-likeness (QED) is 0.605. The molecule has 0 N–H and O–H groups in total. The van der Waals surface area contributed by atoms with Crippen LogP contribution in [0.1, 0.15) is 34.1 Å². The normalized spacial score (nSPS) is 16.0. The maximum atomic E-state index is 14.0. The standard InChI is InChI=1S/C22H19ClF2N2O3/c1-26(2)8-3-9-27-19(12-4-6-15(24)16(25)10-12)18-20(28)14-11-13(23)5-7-17(14)30-21(18)22(27)29/h4-7,10-11,19H,3,8-9H2,1-2H3. The van der Waals surface area contributed by atoms with E-state index in [0.717, 1.165) is 12.1 Å². The lowest BCUT2D eigenvalue weighted by molar-refractivity contribution is 0.0722. The molecule has 2 aromatic carbocycles. The van der Waals surface area contributed by atoms with Crippen LogP contribution in [0.5, 0.6) is 0 Å². The van der Waals surface area contributed by atoms with Crippen LogP contribution in [0.15, 0.2) is 45.6 Å². The molecule has 3 aromatic rings. The van der Waals surface area contributed by atoms with E-state index in [2.05, 4.69) is 0 Å². The Kier molecular flexibility index (Phi) is 5.34. The van der Waals surface area contributed by atoms with E-state index in [0.29, 0.717) is 30.1 Å². The second-order valence-corrected chi connectivity index (χ2v) is 7.98. The minimum atomic E-state index is -1.05. The van der Waals surface area contributed by atoms with E-state index < -0.39 is 29.0 Å². The smallest absolute Gasteiger partial charge is 0.290 e. The number of carbonyl (C=O) groups is 1. The van der Waals surface area contributed by atoms with Crippen LogP contribution in [-0.2, 0) is 0 Å². The Bertz CT molecular complexity index is 1210. The molecule has 5 nitrogen and oxygen atoms in total. The fourth-order valence-electron chi connectivity index (χ4n) is 3.81. The molecule has 1 aliphatic heterocycles. The van der Waals surface area contributed by atoms with Gasteiger partial charge in [0.1, 0.15) is 5.58 Å². The van der Waals surface area contributed by atoms with Gasteiger partial charge in [-0.15, -0.1) is 0 Å². The van der Waals surface area contributed by atoms with E-state index in [9.17, 15) is 18.4 Å². The Morgan fingerprint density at radius 3 is 2.57 bits per heavy atom. The van der Waals surface area contributed by atoms with Crippen LogP contribution in [0.25, 0.3) is 11.0 Å². The minimum absolute atomic E-state index is 0.0746. The summed E-state index contributed by atoms with van der Waals surface area (Å²) in [5.74, 6) is -2.57. The topological polar surface area (TPSA) is 53.8 Å². The van der Waals surface area contributed by atoms with Crippen LogP contribution in [0.3, 0.4) is 0 Å². The molecule has 2 heterocycles. The van der Waals surface area contributed by atoms with Gasteiger partial charge < -0.3 is 14.2 Å². The molecule has 1 aliphatic rings. The van der Waals surface area contributed by atoms with Gasteiger partial charge >= 0.3 is 0 Å². The summed E-state index contributed by atoms with van der Waals surface area (Å²) in [7, 11) is 3.82. The summed E-state index contributed by atoms with van der Waals surface area (Å²) in [4.78, 5) is 29.9. The average molecular weight is 433 g/mol. The van der Waals surface area contributed by atoms with E-state index in [1.54, 1.807) is 6.07 Å². The van der Waals surface area contributed by atoms with E-state index in [-0.39, 0.29) is 22.3 Å². The van der Waals surface area contributed by atoms with Crippen molar-refractivity contribution >= 4 is 28.5 Å². The van der Waals surface area contributed by atoms with Gasteiger partial charge in [0.05, 0.1) is 17.0 Å². The van der Waals surface area contributed by atoms with Crippen molar-refractivity contribution < 1.29 is 18.0 Å². The molecule has 1 aromatic heterocycles. The van der Waals surface area contributed by atoms with E-state index in [1.165, 1.54) is 23.1 Å². The van der Waals surface area contributed by atoms with E-state index in [1.807, 2.05) is 19.0 Å². The fraction of sp³-hybridized carbons (Fsp3) is 0.273. The van der Waals surface area contributed by atoms with Crippen LogP contribution in [0.4, 0.5) is 8.78 Å². The molecule has 0 spiro atoms. The number of carbonyl (C=O) groups excluding carboxylic acids is 1. The number of halogens is 3. The molecule has 0 saturated carbocycles. The Morgan fingerprint density at radius 2 is 1.87 bits per heavy atom. The lowest BCUT2D eigenvalue weighted by atomic mass is 9.98. The van der Waals surface area contributed by atoms with Crippen LogP contribution in [0, 0.1) is 11.6 Å². The summed E-state index contributed by atoms with van der Waals surface area (Å²) >= 11 is 6.03. The fourth-order valence-corrected chi connectivity index (χ4v) is 3.98. The first-order valence-corrected chi connectivity index (χ1v) is 9.82. The van der Waals surface area contributed by atoms with Gasteiger partial charge in [-0.2, -0.15) is 0 Å². The van der Waals surface area contributed by atoms with Crippen LogP contribution in [0.2, 0.25) is 5.02 Å². The van der Waals surface area contributed by atoms with Gasteiger partial charge in [0.15, 0.2) is 17.1 Å². The number of fused-ring (bicyclic) bond motifs is 2. The largest absolute Gasteiger partial charge is 0.450 e. The number of hydrogen-bond donors (Lipinski definition) is 0. The molecule has 0 radical (unpaired) electrons. The van der Waals surface area contributed by atoms with Crippen molar-refractivity contribution in [1.82, 2.24) is 9.80 Å². The highest BCUT2D eigenvalue weighted by Crippen LogP contribution is 2.38. The number of rotatable bonds is 5. The van der Waals surface area contributed by atoms with Gasteiger partial charge in [0.25, 0.3) is 5.91 Å². The molecule has 8 heteroatoms. The van der Waals surface area contributed by atoms with Crippen molar-refractivity contribution in [3.05, 3.63) is 80.2 Å². The van der Waals surface area contributed by atoms with Crippen molar-refractivity contribution in [2.24, 2.45) is 0 Å². The second kappa shape index (κ2) is 7.81. The predicted octanol–water partition coefficient (Wildman–Crippen LogP) is 4.22. The second-order valence-electron chi connectivity index (χ2n) is 7.55. The summed E-state index contributed by atoms with van der Waals surface area (Å²) in [6, 6.07) is 7.10. The van der Waals surface area contributed by atoms with Crippen molar-refractivity contribution in [3.63, 3.8) is 0 Å². The zero-order chi connectivity index (χ0) is 21.6. The monoisotopic (exact) mass is 432 g/mol. The van der Waals surface area contributed by atoms with E-state index in [4.69, 9.17) is 16.0 Å². The Hall–Kier alpha value is -2.77. The van der Waals surface area contributed by atoms with Gasteiger partial charge in [-0.25, -0.2) is 8.78 Å². The van der Waals surface area contributed by atoms with Gasteiger partial charge in [-0.1, -0.05) is 17.7 Å². The number of nitrogens with zero attached hydrogens (tertiary/aromatic N) is 2. The molecule has 30 heavy (non-hydrogen) atoms. The van der Waals surface area contributed by atoms with Crippen molar-refractivity contribution in [3.8, 4) is 0 Å². The average Bonchev–Trinajstić information content (AvgIpc) is 2.97. The summed E-state index contributed by atoms with van der Waals surface area (Å²) < 4.78 is 33.3. The summed E-state index contributed by atoms with van der Waals surface area (Å²) in [5, 5.41) is 0.586. The van der Waals surface area contributed by atoms with Gasteiger partial charge in [-0.05, 0) is 63.0 Å². The zero-order valence-corrected chi connectivity index (χ0v) is 17.2. The highest BCUT2D eigenvalue weighted by molar-refractivity contribution is 6.31. The SMILES string of the molecule is CN(C)CCCN1C(=O)c2oc3ccc(Cl)cc3c(=O)c2C1c1ccc(F)c(F)c1. The molecule has 1 amide bonds. The maximum absolute atomic E-state index is 14.0. The number of hydrogen-bond acceptors (Lipinski definition) is 4. The Morgan fingerprint density at radius 1 is 1.10 bits per heavy atom. The minimum Gasteiger partial charge on any atom is -0.450 e. The summed E-state index contributed by atoms with van der Waals surface area (Å²) in [5.41, 5.74) is 0.257. The summed E-state index contributed by atoms with van der Waals surface area (Å²) in [6.07, 6.45) is 0.631. The molecular formula is C22H19ClF2N2O3. The molecule has 1 atom stereocenters. The molecular weight excluding hydrogens is 414 g/mol. The van der Waals surface area contributed by atoms with Gasteiger partial charge in [0, 0.05) is 11.6 Å². The molecule has 1 unspecified atom stereocenters. The first kappa shape index (κ1) is 20.5. The first-order valence-electron chi connectivity index (χ1n) is 9.45. The Balaban J connectivity index is 1.90.